The number of ether oxygens (including phenoxy) is 1. The van der Waals surface area contributed by atoms with Crippen molar-refractivity contribution in [3.63, 3.8) is 0 Å². The van der Waals surface area contributed by atoms with Gasteiger partial charge in [0.25, 0.3) is 0 Å². The minimum absolute atomic E-state index is 0.155. The largest absolute Gasteiger partial charge is 0.494 e. The van der Waals surface area contributed by atoms with Crippen LogP contribution in [0.5, 0.6) is 0 Å². The number of hydrogen-bond acceptors (Lipinski definition) is 6. The maximum absolute atomic E-state index is 13.8. The summed E-state index contributed by atoms with van der Waals surface area (Å²) in [6.07, 6.45) is 1.22. The number of anilines is 1. The molecule has 192 valence electrons. The fourth-order valence-electron chi connectivity index (χ4n) is 5.52. The summed E-state index contributed by atoms with van der Waals surface area (Å²) in [4.78, 5) is 35.9. The second kappa shape index (κ2) is 8.32. The normalized spacial score (nSPS) is 23.8. The summed E-state index contributed by atoms with van der Waals surface area (Å²) in [6, 6.07) is 11.1. The molecular formula is C27H31BN4O5. The molecule has 0 spiro atoms. The van der Waals surface area contributed by atoms with Crippen molar-refractivity contribution in [1.82, 2.24) is 15.3 Å². The van der Waals surface area contributed by atoms with Gasteiger partial charge >= 0.3 is 13.2 Å². The average Bonchev–Trinajstić information content (AvgIpc) is 3.48. The maximum Gasteiger partial charge on any atom is 0.494 e. The zero-order chi connectivity index (χ0) is 26.1. The Hall–Kier alpha value is -3.37. The second-order valence-electron chi connectivity index (χ2n) is 11.1. The Morgan fingerprint density at radius 1 is 1.16 bits per heavy atom. The molecule has 3 aliphatic rings. The summed E-state index contributed by atoms with van der Waals surface area (Å²) in [6.45, 7) is 8.14. The molecule has 4 heterocycles. The first kappa shape index (κ1) is 24.0. The number of para-hydroxylation sites is 1. The zero-order valence-electron chi connectivity index (χ0n) is 21.8. The maximum atomic E-state index is 13.8. The van der Waals surface area contributed by atoms with Gasteiger partial charge in [-0.2, -0.15) is 0 Å². The third-order valence-corrected chi connectivity index (χ3v) is 8.25. The quantitative estimate of drug-likeness (QED) is 0.534. The van der Waals surface area contributed by atoms with E-state index in [0.717, 1.165) is 33.3 Å². The molecule has 2 N–H and O–H groups in total. The molecule has 6 rings (SSSR count). The predicted molar refractivity (Wildman–Crippen MR) is 140 cm³/mol. The van der Waals surface area contributed by atoms with Crippen molar-refractivity contribution in [3.05, 3.63) is 53.3 Å². The van der Waals surface area contributed by atoms with Gasteiger partial charge < -0.3 is 24.3 Å². The van der Waals surface area contributed by atoms with Crippen molar-refractivity contribution in [1.29, 1.82) is 0 Å². The van der Waals surface area contributed by atoms with Gasteiger partial charge in [0.15, 0.2) is 0 Å². The third kappa shape index (κ3) is 3.81. The number of imidazole rings is 1. The van der Waals surface area contributed by atoms with Crippen LogP contribution in [0.15, 0.2) is 36.4 Å². The van der Waals surface area contributed by atoms with Crippen LogP contribution in [0.1, 0.15) is 57.1 Å². The van der Waals surface area contributed by atoms with E-state index >= 15 is 0 Å². The van der Waals surface area contributed by atoms with Gasteiger partial charge in [-0.1, -0.05) is 24.3 Å². The summed E-state index contributed by atoms with van der Waals surface area (Å²) < 4.78 is 17.2. The van der Waals surface area contributed by atoms with Gasteiger partial charge in [0, 0.05) is 6.42 Å². The molecule has 3 aromatic rings. The van der Waals surface area contributed by atoms with Crippen molar-refractivity contribution < 1.29 is 23.6 Å². The summed E-state index contributed by atoms with van der Waals surface area (Å²) >= 11 is 0. The fraction of sp³-hybridized carbons (Fsp3) is 0.444. The smallest absolute Gasteiger partial charge is 0.453 e. The lowest BCUT2D eigenvalue weighted by Crippen LogP contribution is -2.48. The first-order chi connectivity index (χ1) is 17.6. The van der Waals surface area contributed by atoms with Crippen LogP contribution in [0.3, 0.4) is 0 Å². The van der Waals surface area contributed by atoms with Gasteiger partial charge in [-0.15, -0.1) is 0 Å². The summed E-state index contributed by atoms with van der Waals surface area (Å²) in [5, 5.41) is 2.72. The van der Waals surface area contributed by atoms with Crippen LogP contribution in [0, 0.1) is 0 Å². The van der Waals surface area contributed by atoms with Gasteiger partial charge in [0.1, 0.15) is 11.9 Å². The van der Waals surface area contributed by atoms with Crippen molar-refractivity contribution >= 4 is 41.3 Å². The van der Waals surface area contributed by atoms with Crippen LogP contribution in [0.25, 0.3) is 11.0 Å². The molecule has 2 atom stereocenters. The molecule has 37 heavy (non-hydrogen) atoms. The van der Waals surface area contributed by atoms with Crippen LogP contribution in [-0.4, -0.2) is 53.4 Å². The number of alkyl carbamates (subject to hydrolysis) is 1. The lowest BCUT2D eigenvalue weighted by atomic mass is 9.79. The van der Waals surface area contributed by atoms with Gasteiger partial charge in [-0.3, -0.25) is 9.69 Å². The Bertz CT molecular complexity index is 1400. The third-order valence-electron chi connectivity index (χ3n) is 8.25. The van der Waals surface area contributed by atoms with Crippen LogP contribution in [0.2, 0.25) is 0 Å². The standard InChI is InChI=1S/C27H31BN4O5/c1-26(2)27(3,4)37-28(36-26)17-10-12-18-20(14-17)30-23(29-18)21-13-16-8-6-7-15-9-11-19(31-25(34)35-5)24(33)32(21)22(15)16/h6-8,10,12,14,19,21H,9,11,13H2,1-5H3,(H,29,30)(H,31,34)/t19-,21-/m0/s1. The number of nitrogens with one attached hydrogen (secondary N) is 2. The van der Waals surface area contributed by atoms with E-state index in [1.807, 2.05) is 56.9 Å². The molecule has 0 saturated carbocycles. The van der Waals surface area contributed by atoms with E-state index in [9.17, 15) is 9.59 Å². The highest BCUT2D eigenvalue weighted by molar-refractivity contribution is 6.62. The number of rotatable bonds is 3. The monoisotopic (exact) mass is 502 g/mol. The summed E-state index contributed by atoms with van der Waals surface area (Å²) in [5.41, 5.74) is 4.84. The van der Waals surface area contributed by atoms with E-state index in [2.05, 4.69) is 22.4 Å². The highest BCUT2D eigenvalue weighted by atomic mass is 16.7. The topological polar surface area (TPSA) is 106 Å². The van der Waals surface area contributed by atoms with E-state index in [1.54, 1.807) is 0 Å². The number of amides is 2. The molecule has 1 saturated heterocycles. The minimum Gasteiger partial charge on any atom is -0.453 e. The number of benzene rings is 2. The Balaban J connectivity index is 1.35. The van der Waals surface area contributed by atoms with Crippen LogP contribution in [0.4, 0.5) is 10.5 Å². The molecule has 2 amide bonds. The summed E-state index contributed by atoms with van der Waals surface area (Å²) in [7, 11) is 0.825. The Kier molecular flexibility index (Phi) is 5.40. The van der Waals surface area contributed by atoms with E-state index in [0.29, 0.717) is 25.1 Å². The lowest BCUT2D eigenvalue weighted by molar-refractivity contribution is -0.121. The minimum atomic E-state index is -0.673. The number of methoxy groups -OCH3 is 1. The van der Waals surface area contributed by atoms with Crippen molar-refractivity contribution in [3.8, 4) is 0 Å². The number of nitrogens with zero attached hydrogens (tertiary/aromatic N) is 2. The van der Waals surface area contributed by atoms with Gasteiger partial charge in [-0.25, -0.2) is 9.78 Å². The Labute approximate surface area is 216 Å². The Morgan fingerprint density at radius 2 is 1.89 bits per heavy atom. The highest BCUT2D eigenvalue weighted by Crippen LogP contribution is 2.44. The van der Waals surface area contributed by atoms with Crippen LogP contribution < -0.4 is 15.7 Å². The van der Waals surface area contributed by atoms with Gasteiger partial charge in [0.05, 0.1) is 41.1 Å². The number of aryl methyl sites for hydroxylation is 1. The summed E-state index contributed by atoms with van der Waals surface area (Å²) in [5.74, 6) is 0.549. The molecule has 10 heteroatoms. The number of hydrogen-bond donors (Lipinski definition) is 2. The van der Waals surface area contributed by atoms with E-state index in [4.69, 9.17) is 19.0 Å². The van der Waals surface area contributed by atoms with Crippen molar-refractivity contribution in [2.24, 2.45) is 0 Å². The van der Waals surface area contributed by atoms with Gasteiger partial charge in [-0.05, 0) is 69.3 Å². The molecule has 2 aromatic carbocycles. The molecule has 1 aromatic heterocycles. The number of H-pyrrole nitrogens is 1. The molecule has 9 nitrogen and oxygen atoms in total. The lowest BCUT2D eigenvalue weighted by Gasteiger charge is -2.32. The molecular weight excluding hydrogens is 471 g/mol. The van der Waals surface area contributed by atoms with Crippen LogP contribution in [-0.2, 0) is 31.7 Å². The molecule has 0 aliphatic carbocycles. The number of aromatic amines is 1. The fourth-order valence-corrected chi connectivity index (χ4v) is 5.52. The first-order valence-corrected chi connectivity index (χ1v) is 12.7. The van der Waals surface area contributed by atoms with E-state index in [-0.39, 0.29) is 11.9 Å². The molecule has 0 bridgehead atoms. The molecule has 1 fully saturated rings. The molecule has 0 unspecified atom stereocenters. The number of aromatic nitrogens is 2. The predicted octanol–water partition coefficient (Wildman–Crippen LogP) is 3.16. The van der Waals surface area contributed by atoms with Crippen molar-refractivity contribution in [2.75, 3.05) is 12.0 Å². The first-order valence-electron chi connectivity index (χ1n) is 12.7. The Morgan fingerprint density at radius 3 is 2.62 bits per heavy atom. The van der Waals surface area contributed by atoms with E-state index in [1.165, 1.54) is 7.11 Å². The molecule has 3 aliphatic heterocycles. The number of carbonyl (C=O) groups is 2. The van der Waals surface area contributed by atoms with Crippen LogP contribution >= 0.6 is 0 Å². The number of carbonyl (C=O) groups excluding carboxylic acids is 2. The zero-order valence-corrected chi connectivity index (χ0v) is 21.8. The SMILES string of the molecule is COC(=O)N[C@H]1CCc2cccc3c2N(C1=O)[C@H](c1nc2ccc(B4OC(C)(C)C(C)(C)O4)cc2[nH]1)C3. The second-order valence-corrected chi connectivity index (χ2v) is 11.1. The molecule has 0 radical (unpaired) electrons. The highest BCUT2D eigenvalue weighted by Gasteiger charge is 2.52. The van der Waals surface area contributed by atoms with E-state index < -0.39 is 30.5 Å². The number of fused-ring (bicyclic) bond motifs is 1. The van der Waals surface area contributed by atoms with Gasteiger partial charge in [0.2, 0.25) is 5.91 Å². The average molecular weight is 502 g/mol. The van der Waals surface area contributed by atoms with Crippen molar-refractivity contribution in [2.45, 2.75) is 70.2 Å².